The van der Waals surface area contributed by atoms with Gasteiger partial charge in [-0.15, -0.1) is 0 Å². The van der Waals surface area contributed by atoms with E-state index in [1.165, 1.54) is 5.56 Å². The van der Waals surface area contributed by atoms with E-state index >= 15 is 0 Å². The van der Waals surface area contributed by atoms with Crippen LogP contribution in [0.25, 0.3) is 0 Å². The molecule has 1 unspecified atom stereocenters. The third-order valence-corrected chi connectivity index (χ3v) is 4.42. The van der Waals surface area contributed by atoms with E-state index in [0.29, 0.717) is 24.6 Å². The van der Waals surface area contributed by atoms with Crippen LogP contribution in [0.4, 0.5) is 0 Å². The van der Waals surface area contributed by atoms with Crippen molar-refractivity contribution in [3.63, 3.8) is 0 Å². The summed E-state index contributed by atoms with van der Waals surface area (Å²) in [6.07, 6.45) is 0. The Bertz CT molecular complexity index is 723. The smallest absolute Gasteiger partial charge is 0.159 e. The Balaban J connectivity index is 2.22. The molecule has 0 heterocycles. The third-order valence-electron chi connectivity index (χ3n) is 4.42. The lowest BCUT2D eigenvalue weighted by molar-refractivity contribution is 0.101. The van der Waals surface area contributed by atoms with Gasteiger partial charge in [-0.2, -0.15) is 0 Å². The van der Waals surface area contributed by atoms with Crippen LogP contribution in [0.2, 0.25) is 0 Å². The average Bonchev–Trinajstić information content (AvgIpc) is 2.63. The Kier molecular flexibility index (Phi) is 7.22. The quantitative estimate of drug-likeness (QED) is 0.657. The number of methoxy groups -OCH3 is 1. The molecule has 4 heteroatoms. The molecule has 4 nitrogen and oxygen atoms in total. The van der Waals surface area contributed by atoms with Crippen molar-refractivity contribution in [1.29, 1.82) is 0 Å². The minimum absolute atomic E-state index is 0.0601. The zero-order valence-corrected chi connectivity index (χ0v) is 16.3. The molecule has 0 aromatic heterocycles. The number of Topliss-reactive ketones (excluding diaryl/α,β-unsaturated/α-hetero) is 1. The Morgan fingerprint density at radius 3 is 2.35 bits per heavy atom. The molecule has 2 rings (SSSR count). The van der Waals surface area contributed by atoms with E-state index < -0.39 is 0 Å². The highest BCUT2D eigenvalue weighted by Gasteiger charge is 2.17. The molecule has 0 aliphatic heterocycles. The summed E-state index contributed by atoms with van der Waals surface area (Å²) in [7, 11) is 1.67. The van der Waals surface area contributed by atoms with Crippen LogP contribution in [0.15, 0.2) is 42.5 Å². The summed E-state index contributed by atoms with van der Waals surface area (Å²) in [5.41, 5.74) is 2.91. The fourth-order valence-electron chi connectivity index (χ4n) is 3.00. The molecule has 0 saturated heterocycles. The molecule has 140 valence electrons. The summed E-state index contributed by atoms with van der Waals surface area (Å²) in [6.45, 7) is 9.16. The van der Waals surface area contributed by atoms with Gasteiger partial charge in [-0.05, 0) is 55.7 Å². The summed E-state index contributed by atoms with van der Waals surface area (Å²) < 4.78 is 11.0. The highest BCUT2D eigenvalue weighted by Crippen LogP contribution is 2.26. The molecule has 1 atom stereocenters. The number of carbonyl (C=O) groups is 1. The zero-order chi connectivity index (χ0) is 19.1. The van der Waals surface area contributed by atoms with Crippen molar-refractivity contribution < 1.29 is 14.3 Å². The number of nitrogens with one attached hydrogen (secondary N) is 1. The number of rotatable bonds is 9. The highest BCUT2D eigenvalue weighted by atomic mass is 16.5. The van der Waals surface area contributed by atoms with Crippen molar-refractivity contribution in [1.82, 2.24) is 5.32 Å². The Hall–Kier alpha value is -2.33. The number of hydrogen-bond acceptors (Lipinski definition) is 4. The molecule has 0 saturated carbocycles. The maximum atomic E-state index is 11.7. The Morgan fingerprint density at radius 2 is 1.81 bits per heavy atom. The topological polar surface area (TPSA) is 47.6 Å². The van der Waals surface area contributed by atoms with E-state index in [4.69, 9.17) is 9.47 Å². The molecule has 1 N–H and O–H groups in total. The van der Waals surface area contributed by atoms with Crippen molar-refractivity contribution in [2.24, 2.45) is 5.92 Å². The van der Waals surface area contributed by atoms with E-state index in [0.717, 1.165) is 17.1 Å². The van der Waals surface area contributed by atoms with Crippen LogP contribution in [-0.4, -0.2) is 19.5 Å². The normalized spacial score (nSPS) is 12.1. The monoisotopic (exact) mass is 355 g/mol. The summed E-state index contributed by atoms with van der Waals surface area (Å²) in [6, 6.07) is 14.0. The van der Waals surface area contributed by atoms with Crippen molar-refractivity contribution in [2.45, 2.75) is 40.3 Å². The van der Waals surface area contributed by atoms with Gasteiger partial charge in [0.15, 0.2) is 5.78 Å². The van der Waals surface area contributed by atoms with Crippen molar-refractivity contribution >= 4 is 5.78 Å². The van der Waals surface area contributed by atoms with Crippen molar-refractivity contribution in [3.8, 4) is 11.5 Å². The summed E-state index contributed by atoms with van der Waals surface area (Å²) in [5, 5.41) is 3.62. The first kappa shape index (κ1) is 20.0. The van der Waals surface area contributed by atoms with Gasteiger partial charge in [0.25, 0.3) is 0 Å². The molecule has 0 fully saturated rings. The van der Waals surface area contributed by atoms with Gasteiger partial charge < -0.3 is 14.8 Å². The van der Waals surface area contributed by atoms with Gasteiger partial charge in [0.1, 0.15) is 11.5 Å². The minimum atomic E-state index is 0.0601. The zero-order valence-electron chi connectivity index (χ0n) is 16.3. The lowest BCUT2D eigenvalue weighted by atomic mass is 9.95. The van der Waals surface area contributed by atoms with Crippen LogP contribution < -0.4 is 14.8 Å². The molecule has 0 bridgehead atoms. The van der Waals surface area contributed by atoms with Gasteiger partial charge in [-0.3, -0.25) is 4.79 Å². The summed E-state index contributed by atoms with van der Waals surface area (Å²) >= 11 is 0. The molecule has 2 aromatic carbocycles. The van der Waals surface area contributed by atoms with Gasteiger partial charge >= 0.3 is 0 Å². The largest absolute Gasteiger partial charge is 0.497 e. The predicted octanol–water partition coefficient (Wildman–Crippen LogP) is 4.78. The van der Waals surface area contributed by atoms with Crippen LogP contribution in [0.5, 0.6) is 11.5 Å². The molecule has 26 heavy (non-hydrogen) atoms. The van der Waals surface area contributed by atoms with Crippen LogP contribution >= 0.6 is 0 Å². The second kappa shape index (κ2) is 9.39. The molecule has 0 spiro atoms. The number of carbonyl (C=O) groups excluding carboxylic acids is 1. The number of benzene rings is 2. The standard InChI is InChI=1S/C22H29NO3/c1-6-26-21-12-9-18(16(4)24)13-19(21)14-23-22(15(2)3)17-7-10-20(25-5)11-8-17/h7-13,15,22-23H,6,14H2,1-5H3. The molecule has 0 aliphatic rings. The van der Waals surface area contributed by atoms with Gasteiger partial charge in [0.2, 0.25) is 0 Å². The van der Waals surface area contributed by atoms with Gasteiger partial charge in [-0.25, -0.2) is 0 Å². The molecule has 0 amide bonds. The number of ether oxygens (including phenoxy) is 2. The molecule has 0 aliphatic carbocycles. The van der Waals surface area contributed by atoms with Crippen LogP contribution in [-0.2, 0) is 6.54 Å². The fourth-order valence-corrected chi connectivity index (χ4v) is 3.00. The van der Waals surface area contributed by atoms with E-state index in [-0.39, 0.29) is 11.8 Å². The molecule has 2 aromatic rings. The lowest BCUT2D eigenvalue weighted by Gasteiger charge is -2.24. The molecular formula is C22H29NO3. The molecular weight excluding hydrogens is 326 g/mol. The van der Waals surface area contributed by atoms with E-state index in [1.807, 2.05) is 37.3 Å². The van der Waals surface area contributed by atoms with Crippen LogP contribution in [0.3, 0.4) is 0 Å². The number of hydrogen-bond donors (Lipinski definition) is 1. The Morgan fingerprint density at radius 1 is 1.12 bits per heavy atom. The maximum Gasteiger partial charge on any atom is 0.159 e. The maximum absolute atomic E-state index is 11.7. The first-order chi connectivity index (χ1) is 12.5. The predicted molar refractivity (Wildman–Crippen MR) is 105 cm³/mol. The van der Waals surface area contributed by atoms with Gasteiger partial charge in [0.05, 0.1) is 13.7 Å². The summed E-state index contributed by atoms with van der Waals surface area (Å²) in [5.74, 6) is 2.14. The van der Waals surface area contributed by atoms with E-state index in [2.05, 4.69) is 31.3 Å². The third kappa shape index (κ3) is 5.09. The second-order valence-electron chi connectivity index (χ2n) is 6.69. The second-order valence-corrected chi connectivity index (χ2v) is 6.69. The summed E-state index contributed by atoms with van der Waals surface area (Å²) in [4.78, 5) is 11.7. The minimum Gasteiger partial charge on any atom is -0.497 e. The highest BCUT2D eigenvalue weighted by molar-refractivity contribution is 5.94. The SMILES string of the molecule is CCOc1ccc(C(C)=O)cc1CNC(c1ccc(OC)cc1)C(C)C. The van der Waals surface area contributed by atoms with Crippen LogP contribution in [0, 0.1) is 5.92 Å². The van der Waals surface area contributed by atoms with Gasteiger partial charge in [0, 0.05) is 23.7 Å². The van der Waals surface area contributed by atoms with E-state index in [9.17, 15) is 4.79 Å². The van der Waals surface area contributed by atoms with E-state index in [1.54, 1.807) is 14.0 Å². The first-order valence-corrected chi connectivity index (χ1v) is 9.10. The number of ketones is 1. The average molecular weight is 355 g/mol. The molecule has 0 radical (unpaired) electrons. The Labute approximate surface area is 156 Å². The van der Waals surface area contributed by atoms with Gasteiger partial charge in [-0.1, -0.05) is 26.0 Å². The first-order valence-electron chi connectivity index (χ1n) is 9.10. The van der Waals surface area contributed by atoms with Crippen molar-refractivity contribution in [3.05, 3.63) is 59.2 Å². The van der Waals surface area contributed by atoms with Crippen LogP contribution in [0.1, 0.15) is 55.2 Å². The fraction of sp³-hybridized carbons (Fsp3) is 0.409. The lowest BCUT2D eigenvalue weighted by Crippen LogP contribution is -2.25. The van der Waals surface area contributed by atoms with Crippen molar-refractivity contribution in [2.75, 3.05) is 13.7 Å².